The lowest BCUT2D eigenvalue weighted by molar-refractivity contribution is -0.383. The fraction of sp³-hybridized carbons (Fsp3) is 0.375. The summed E-state index contributed by atoms with van der Waals surface area (Å²) in [4.78, 5) is 33.0. The largest absolute Gasteiger partial charge is 0.444 e. The molecule has 1 rings (SSSR count). The Morgan fingerprint density at radius 2 is 2.00 bits per heavy atom. The van der Waals surface area contributed by atoms with E-state index >= 15 is 0 Å². The van der Waals surface area contributed by atoms with Crippen molar-refractivity contribution < 1.29 is 19.2 Å². The fourth-order valence-electron chi connectivity index (χ4n) is 1.75. The number of amides is 2. The van der Waals surface area contributed by atoms with E-state index in [1.807, 2.05) is 0 Å². The highest BCUT2D eigenvalue weighted by Gasteiger charge is 2.16. The molecule has 0 aliphatic rings. The van der Waals surface area contributed by atoms with E-state index in [2.05, 4.69) is 10.6 Å². The van der Waals surface area contributed by atoms with Crippen molar-refractivity contribution in [2.24, 2.45) is 0 Å². The van der Waals surface area contributed by atoms with E-state index in [0.717, 1.165) is 0 Å². The van der Waals surface area contributed by atoms with Gasteiger partial charge in [0.1, 0.15) is 11.3 Å². The molecule has 24 heavy (non-hydrogen) atoms. The quantitative estimate of drug-likeness (QED) is 0.634. The molecule has 0 aliphatic carbocycles. The van der Waals surface area contributed by atoms with Gasteiger partial charge in [0.2, 0.25) is 5.91 Å². The first-order chi connectivity index (χ1) is 11.1. The zero-order valence-corrected chi connectivity index (χ0v) is 14.1. The van der Waals surface area contributed by atoms with Crippen LogP contribution in [0.15, 0.2) is 24.3 Å². The average Bonchev–Trinajstić information content (AvgIpc) is 2.42. The number of benzene rings is 1. The summed E-state index contributed by atoms with van der Waals surface area (Å²) in [5, 5.41) is 16.0. The van der Waals surface area contributed by atoms with Gasteiger partial charge < -0.3 is 15.4 Å². The number of nitrogens with zero attached hydrogens (tertiary/aromatic N) is 1. The molecule has 1 aromatic rings. The van der Waals surface area contributed by atoms with Crippen LogP contribution in [0.3, 0.4) is 0 Å². The Kier molecular flexibility index (Phi) is 6.46. The number of ether oxygens (including phenoxy) is 1. The second-order valence-corrected chi connectivity index (χ2v) is 6.00. The number of alkyl carbamates (subject to hydrolysis) is 1. The third-order valence-electron chi connectivity index (χ3n) is 2.60. The van der Waals surface area contributed by atoms with Gasteiger partial charge >= 0.3 is 6.09 Å². The summed E-state index contributed by atoms with van der Waals surface area (Å²) in [6.45, 7) is 6.78. The molecular weight excluding hydrogens is 314 g/mol. The third-order valence-corrected chi connectivity index (χ3v) is 2.60. The second kappa shape index (κ2) is 8.09. The number of nitrogens with one attached hydrogen (secondary N) is 2. The Bertz CT molecular complexity index is 662. The van der Waals surface area contributed by atoms with Crippen LogP contribution in [0.5, 0.6) is 0 Å². The van der Waals surface area contributed by atoms with Crippen LogP contribution in [0.25, 0.3) is 6.08 Å². The normalized spacial score (nSPS) is 11.2. The summed E-state index contributed by atoms with van der Waals surface area (Å²) in [5.74, 6) is -0.386. The van der Waals surface area contributed by atoms with E-state index in [-0.39, 0.29) is 23.8 Å². The molecular formula is C16H21N3O5. The predicted molar refractivity (Wildman–Crippen MR) is 90.7 cm³/mol. The molecule has 1 aromatic carbocycles. The standard InChI is InChI=1S/C16H21N3O5/c1-11(20)18-13-8-7-12(10-14(13)19(22)23)6-5-9-17-15(21)24-16(2,3)4/h5-8,10H,9H2,1-4H3,(H,17,21)(H,18,20). The van der Waals surface area contributed by atoms with Crippen molar-refractivity contribution in [3.8, 4) is 0 Å². The van der Waals surface area contributed by atoms with Gasteiger partial charge in [-0.25, -0.2) is 4.79 Å². The summed E-state index contributed by atoms with van der Waals surface area (Å²) < 4.78 is 5.08. The molecule has 0 atom stereocenters. The average molecular weight is 335 g/mol. The van der Waals surface area contributed by atoms with E-state index in [1.54, 1.807) is 39.0 Å². The molecule has 0 saturated heterocycles. The maximum atomic E-state index is 11.5. The highest BCUT2D eigenvalue weighted by atomic mass is 16.6. The molecule has 0 spiro atoms. The van der Waals surface area contributed by atoms with Crippen LogP contribution in [0, 0.1) is 10.1 Å². The second-order valence-electron chi connectivity index (χ2n) is 6.00. The number of anilines is 1. The SMILES string of the molecule is CC(=O)Nc1ccc(C=CCNC(=O)OC(C)(C)C)cc1[N+](=O)[O-]. The first-order valence-corrected chi connectivity index (χ1v) is 7.28. The Hall–Kier alpha value is -2.90. The van der Waals surface area contributed by atoms with E-state index in [4.69, 9.17) is 4.74 Å². The minimum atomic E-state index is -0.575. The lowest BCUT2D eigenvalue weighted by Gasteiger charge is -2.19. The van der Waals surface area contributed by atoms with Crippen molar-refractivity contribution in [1.82, 2.24) is 5.32 Å². The van der Waals surface area contributed by atoms with Gasteiger partial charge in [-0.3, -0.25) is 14.9 Å². The van der Waals surface area contributed by atoms with Crippen molar-refractivity contribution in [3.63, 3.8) is 0 Å². The van der Waals surface area contributed by atoms with E-state index in [1.165, 1.54) is 19.1 Å². The maximum Gasteiger partial charge on any atom is 0.407 e. The smallest absolute Gasteiger partial charge is 0.407 e. The Morgan fingerprint density at radius 3 is 2.54 bits per heavy atom. The molecule has 0 heterocycles. The Balaban J connectivity index is 2.71. The van der Waals surface area contributed by atoms with Gasteiger partial charge in [-0.2, -0.15) is 0 Å². The molecule has 8 nitrogen and oxygen atoms in total. The zero-order chi connectivity index (χ0) is 18.3. The zero-order valence-electron chi connectivity index (χ0n) is 14.1. The summed E-state index contributed by atoms with van der Waals surface area (Å²) in [7, 11) is 0. The number of nitro benzene ring substituents is 1. The molecule has 0 fully saturated rings. The van der Waals surface area contributed by atoms with Gasteiger partial charge in [0.15, 0.2) is 0 Å². The Labute approximate surface area is 140 Å². The van der Waals surface area contributed by atoms with Crippen LogP contribution in [-0.4, -0.2) is 29.1 Å². The topological polar surface area (TPSA) is 111 Å². The molecule has 2 N–H and O–H groups in total. The highest BCUT2D eigenvalue weighted by Crippen LogP contribution is 2.26. The molecule has 0 saturated carbocycles. The number of nitro groups is 1. The van der Waals surface area contributed by atoms with Gasteiger partial charge in [-0.15, -0.1) is 0 Å². The summed E-state index contributed by atoms with van der Waals surface area (Å²) >= 11 is 0. The number of hydrogen-bond donors (Lipinski definition) is 2. The molecule has 0 aromatic heterocycles. The first kappa shape index (κ1) is 19.1. The van der Waals surface area contributed by atoms with Crippen LogP contribution >= 0.6 is 0 Å². The monoisotopic (exact) mass is 335 g/mol. The highest BCUT2D eigenvalue weighted by molar-refractivity contribution is 5.91. The fourth-order valence-corrected chi connectivity index (χ4v) is 1.75. The summed E-state index contributed by atoms with van der Waals surface area (Å²) in [5.41, 5.74) is -0.0701. The molecule has 0 unspecified atom stereocenters. The number of carbonyl (C=O) groups is 2. The molecule has 130 valence electrons. The minimum Gasteiger partial charge on any atom is -0.444 e. The number of hydrogen-bond acceptors (Lipinski definition) is 5. The third kappa shape index (κ3) is 6.91. The number of carbonyl (C=O) groups excluding carboxylic acids is 2. The lowest BCUT2D eigenvalue weighted by atomic mass is 10.1. The maximum absolute atomic E-state index is 11.5. The molecule has 2 amide bonds. The number of rotatable bonds is 5. The summed E-state index contributed by atoms with van der Waals surface area (Å²) in [6.07, 6.45) is 2.72. The van der Waals surface area contributed by atoms with E-state index < -0.39 is 16.6 Å². The first-order valence-electron chi connectivity index (χ1n) is 7.28. The van der Waals surface area contributed by atoms with Crippen molar-refractivity contribution in [1.29, 1.82) is 0 Å². The molecule has 0 bridgehead atoms. The Morgan fingerprint density at radius 1 is 1.33 bits per heavy atom. The van der Waals surface area contributed by atoms with Crippen LogP contribution in [0.4, 0.5) is 16.2 Å². The van der Waals surface area contributed by atoms with Gasteiger partial charge in [0.25, 0.3) is 5.69 Å². The van der Waals surface area contributed by atoms with Gasteiger partial charge in [0, 0.05) is 19.5 Å². The summed E-state index contributed by atoms with van der Waals surface area (Å²) in [6, 6.07) is 4.43. The minimum absolute atomic E-state index is 0.136. The molecule has 8 heteroatoms. The van der Waals surface area contributed by atoms with Crippen molar-refractivity contribution in [3.05, 3.63) is 40.0 Å². The molecule has 0 aliphatic heterocycles. The van der Waals surface area contributed by atoms with Crippen molar-refractivity contribution in [2.45, 2.75) is 33.3 Å². The van der Waals surface area contributed by atoms with E-state index in [0.29, 0.717) is 5.56 Å². The van der Waals surface area contributed by atoms with Crippen molar-refractivity contribution in [2.75, 3.05) is 11.9 Å². The van der Waals surface area contributed by atoms with Crippen LogP contribution in [-0.2, 0) is 9.53 Å². The lowest BCUT2D eigenvalue weighted by Crippen LogP contribution is -2.32. The molecule has 0 radical (unpaired) electrons. The van der Waals surface area contributed by atoms with Crippen LogP contribution in [0.1, 0.15) is 33.3 Å². The van der Waals surface area contributed by atoms with Gasteiger partial charge in [-0.1, -0.05) is 18.2 Å². The van der Waals surface area contributed by atoms with Gasteiger partial charge in [-0.05, 0) is 32.4 Å². The predicted octanol–water partition coefficient (Wildman–Crippen LogP) is 3.09. The van der Waals surface area contributed by atoms with E-state index in [9.17, 15) is 19.7 Å². The van der Waals surface area contributed by atoms with Crippen LogP contribution < -0.4 is 10.6 Å². The van der Waals surface area contributed by atoms with Crippen molar-refractivity contribution >= 4 is 29.5 Å². The van der Waals surface area contributed by atoms with Gasteiger partial charge in [0.05, 0.1) is 4.92 Å². The van der Waals surface area contributed by atoms with Crippen LogP contribution in [0.2, 0.25) is 0 Å².